The summed E-state index contributed by atoms with van der Waals surface area (Å²) in [7, 11) is -3.55. The number of anilines is 2. The largest absolute Gasteiger partial charge is 0.459 e. The van der Waals surface area contributed by atoms with Crippen molar-refractivity contribution >= 4 is 43.9 Å². The number of carbonyl (C=O) groups excluding carboxylic acids is 2. The summed E-state index contributed by atoms with van der Waals surface area (Å²) in [6.45, 7) is 4.33. The molecule has 0 aliphatic carbocycles. The van der Waals surface area contributed by atoms with Gasteiger partial charge in [0, 0.05) is 18.8 Å². The second-order valence-corrected chi connectivity index (χ2v) is 9.18. The van der Waals surface area contributed by atoms with Crippen LogP contribution in [-0.2, 0) is 10.0 Å². The lowest BCUT2D eigenvalue weighted by atomic mass is 10.3. The highest BCUT2D eigenvalue weighted by Crippen LogP contribution is 2.24. The summed E-state index contributed by atoms with van der Waals surface area (Å²) in [5.41, 5.74) is 0.466. The molecule has 158 valence electrons. The predicted octanol–water partition coefficient (Wildman–Crippen LogP) is 3.88. The highest BCUT2D eigenvalue weighted by atomic mass is 32.2. The van der Waals surface area contributed by atoms with Gasteiger partial charge in [-0.05, 0) is 48.5 Å². The van der Waals surface area contributed by atoms with Gasteiger partial charge in [0.1, 0.15) is 0 Å². The summed E-state index contributed by atoms with van der Waals surface area (Å²) < 4.78 is 31.4. The van der Waals surface area contributed by atoms with Crippen molar-refractivity contribution in [3.63, 3.8) is 0 Å². The van der Waals surface area contributed by atoms with Crippen molar-refractivity contribution in [1.29, 1.82) is 0 Å². The topological polar surface area (TPSA) is 109 Å². The Hall–Kier alpha value is -2.95. The Morgan fingerprint density at radius 3 is 2.27 bits per heavy atom. The second kappa shape index (κ2) is 9.24. The van der Waals surface area contributed by atoms with E-state index in [9.17, 15) is 18.0 Å². The molecule has 3 aromatic rings. The van der Waals surface area contributed by atoms with E-state index in [-0.39, 0.29) is 16.6 Å². The normalized spacial score (nSPS) is 11.4. The fraction of sp³-hybridized carbons (Fsp3) is 0.200. The molecule has 2 amide bonds. The lowest BCUT2D eigenvalue weighted by molar-refractivity contribution is 0.0995. The van der Waals surface area contributed by atoms with E-state index in [1.807, 2.05) is 0 Å². The van der Waals surface area contributed by atoms with Crippen molar-refractivity contribution in [3.05, 3.63) is 65.4 Å². The molecule has 2 aromatic heterocycles. The molecule has 8 nitrogen and oxygen atoms in total. The van der Waals surface area contributed by atoms with E-state index in [1.54, 1.807) is 50.2 Å². The number of nitrogens with zero attached hydrogens (tertiary/aromatic N) is 1. The second-order valence-electron chi connectivity index (χ2n) is 6.16. The summed E-state index contributed by atoms with van der Waals surface area (Å²) >= 11 is 1.11. The molecule has 0 atom stereocenters. The van der Waals surface area contributed by atoms with Crippen molar-refractivity contribution in [2.75, 3.05) is 23.7 Å². The van der Waals surface area contributed by atoms with Crippen molar-refractivity contribution in [1.82, 2.24) is 4.31 Å². The number of sulfonamides is 1. The Morgan fingerprint density at radius 1 is 0.967 bits per heavy atom. The maximum absolute atomic E-state index is 12.5. The molecule has 0 fully saturated rings. The SMILES string of the molecule is CCN(CC)S(=O)(=O)c1ccc(NC(=O)c2ccc(NC(=O)c3ccco3)s2)cc1. The molecular formula is C20H21N3O5S2. The predicted molar refractivity (Wildman–Crippen MR) is 115 cm³/mol. The van der Waals surface area contributed by atoms with Crippen LogP contribution in [0, 0.1) is 0 Å². The Kier molecular flexibility index (Phi) is 6.70. The molecule has 0 radical (unpaired) electrons. The van der Waals surface area contributed by atoms with Gasteiger partial charge >= 0.3 is 0 Å². The van der Waals surface area contributed by atoms with E-state index >= 15 is 0 Å². The van der Waals surface area contributed by atoms with Crippen LogP contribution in [-0.4, -0.2) is 37.6 Å². The minimum absolute atomic E-state index is 0.170. The quantitative estimate of drug-likeness (QED) is 0.545. The Labute approximate surface area is 178 Å². The third kappa shape index (κ3) is 4.78. The van der Waals surface area contributed by atoms with E-state index in [4.69, 9.17) is 4.42 Å². The summed E-state index contributed by atoms with van der Waals surface area (Å²) in [4.78, 5) is 25.0. The highest BCUT2D eigenvalue weighted by Gasteiger charge is 2.21. The van der Waals surface area contributed by atoms with Crippen LogP contribution >= 0.6 is 11.3 Å². The van der Waals surface area contributed by atoms with Gasteiger partial charge in [0.2, 0.25) is 10.0 Å². The zero-order chi connectivity index (χ0) is 21.7. The monoisotopic (exact) mass is 447 g/mol. The molecule has 1 aromatic carbocycles. The maximum atomic E-state index is 12.5. The van der Waals surface area contributed by atoms with Gasteiger partial charge < -0.3 is 15.1 Å². The minimum Gasteiger partial charge on any atom is -0.459 e. The van der Waals surface area contributed by atoms with Crippen LogP contribution in [0.25, 0.3) is 0 Å². The van der Waals surface area contributed by atoms with Gasteiger partial charge in [0.15, 0.2) is 5.76 Å². The summed E-state index contributed by atoms with van der Waals surface area (Å²) in [6.07, 6.45) is 1.40. The Morgan fingerprint density at radius 2 is 1.67 bits per heavy atom. The molecule has 2 N–H and O–H groups in total. The molecule has 10 heteroatoms. The van der Waals surface area contributed by atoms with Crippen LogP contribution in [0.2, 0.25) is 0 Å². The number of hydrogen-bond donors (Lipinski definition) is 2. The number of nitrogens with one attached hydrogen (secondary N) is 2. The molecule has 3 rings (SSSR count). The highest BCUT2D eigenvalue weighted by molar-refractivity contribution is 7.89. The Balaban J connectivity index is 1.65. The summed E-state index contributed by atoms with van der Waals surface area (Å²) in [6, 6.07) is 12.4. The summed E-state index contributed by atoms with van der Waals surface area (Å²) in [5, 5.41) is 5.89. The lowest BCUT2D eigenvalue weighted by Gasteiger charge is -2.18. The first kappa shape index (κ1) is 21.8. The van der Waals surface area contributed by atoms with Crippen molar-refractivity contribution in [2.24, 2.45) is 0 Å². The van der Waals surface area contributed by atoms with Gasteiger partial charge in [0.25, 0.3) is 11.8 Å². The zero-order valence-corrected chi connectivity index (χ0v) is 18.0. The third-order valence-electron chi connectivity index (χ3n) is 4.27. The van der Waals surface area contributed by atoms with Crippen molar-refractivity contribution < 1.29 is 22.4 Å². The van der Waals surface area contributed by atoms with Crippen molar-refractivity contribution in [3.8, 4) is 0 Å². The van der Waals surface area contributed by atoms with Gasteiger partial charge in [-0.1, -0.05) is 13.8 Å². The van der Waals surface area contributed by atoms with Gasteiger partial charge in [-0.3, -0.25) is 9.59 Å². The third-order valence-corrected chi connectivity index (χ3v) is 7.33. The fourth-order valence-corrected chi connectivity index (χ4v) is 4.98. The molecule has 0 spiro atoms. The first-order chi connectivity index (χ1) is 14.3. The first-order valence-corrected chi connectivity index (χ1v) is 11.5. The smallest absolute Gasteiger partial charge is 0.291 e. The van der Waals surface area contributed by atoms with E-state index in [0.29, 0.717) is 28.7 Å². The molecule has 0 bridgehead atoms. The molecule has 0 saturated carbocycles. The number of rotatable bonds is 8. The van der Waals surface area contributed by atoms with Crippen LogP contribution < -0.4 is 10.6 Å². The van der Waals surface area contributed by atoms with E-state index in [1.165, 1.54) is 22.7 Å². The molecule has 30 heavy (non-hydrogen) atoms. The van der Waals surface area contributed by atoms with Crippen LogP contribution in [0.5, 0.6) is 0 Å². The van der Waals surface area contributed by atoms with Crippen molar-refractivity contribution in [2.45, 2.75) is 18.7 Å². The lowest BCUT2D eigenvalue weighted by Crippen LogP contribution is -2.30. The average Bonchev–Trinajstić information content (AvgIpc) is 3.41. The number of thiophene rings is 1. The average molecular weight is 448 g/mol. The Bertz CT molecular complexity index is 1120. The molecule has 2 heterocycles. The van der Waals surface area contributed by atoms with E-state index < -0.39 is 15.9 Å². The fourth-order valence-electron chi connectivity index (χ4n) is 2.72. The van der Waals surface area contributed by atoms with Crippen LogP contribution in [0.15, 0.2) is 64.1 Å². The molecule has 0 aliphatic heterocycles. The van der Waals surface area contributed by atoms with E-state index in [0.717, 1.165) is 11.3 Å². The van der Waals surface area contributed by atoms with Gasteiger partial charge in [-0.2, -0.15) is 4.31 Å². The first-order valence-electron chi connectivity index (χ1n) is 9.21. The number of furan rings is 1. The molecular weight excluding hydrogens is 426 g/mol. The van der Waals surface area contributed by atoms with Crippen LogP contribution in [0.1, 0.15) is 34.1 Å². The standard InChI is InChI=1S/C20H21N3O5S2/c1-3-23(4-2)30(26,27)15-9-7-14(8-10-15)21-20(25)17-11-12-18(29-17)22-19(24)16-6-5-13-28-16/h5-13H,3-4H2,1-2H3,(H,21,25)(H,22,24). The number of hydrogen-bond acceptors (Lipinski definition) is 6. The van der Waals surface area contributed by atoms with Gasteiger partial charge in [-0.15, -0.1) is 11.3 Å². The number of carbonyl (C=O) groups is 2. The zero-order valence-electron chi connectivity index (χ0n) is 16.4. The van der Waals surface area contributed by atoms with Crippen LogP contribution in [0.3, 0.4) is 0 Å². The molecule has 0 aliphatic rings. The number of benzene rings is 1. The van der Waals surface area contributed by atoms with Gasteiger partial charge in [0.05, 0.1) is 21.0 Å². The summed E-state index contributed by atoms with van der Waals surface area (Å²) in [5.74, 6) is -0.592. The van der Waals surface area contributed by atoms with E-state index in [2.05, 4.69) is 10.6 Å². The minimum atomic E-state index is -3.55. The van der Waals surface area contributed by atoms with Gasteiger partial charge in [-0.25, -0.2) is 8.42 Å². The number of amides is 2. The van der Waals surface area contributed by atoms with Crippen LogP contribution in [0.4, 0.5) is 10.7 Å². The molecule has 0 saturated heterocycles. The molecule has 0 unspecified atom stereocenters. The maximum Gasteiger partial charge on any atom is 0.291 e.